The van der Waals surface area contributed by atoms with Crippen LogP contribution in [0.15, 0.2) is 42.7 Å². The number of alkyl halides is 3. The third kappa shape index (κ3) is 3.48. The fourth-order valence-corrected chi connectivity index (χ4v) is 2.25. The Morgan fingerprint density at radius 1 is 1.04 bits per heavy atom. The van der Waals surface area contributed by atoms with E-state index in [0.717, 1.165) is 0 Å². The molecule has 0 aliphatic heterocycles. The van der Waals surface area contributed by atoms with E-state index in [2.05, 4.69) is 10.1 Å². The van der Waals surface area contributed by atoms with Gasteiger partial charge in [0.25, 0.3) is 5.91 Å². The van der Waals surface area contributed by atoms with Crippen LogP contribution < -0.4 is 5.32 Å². The number of carbonyl (C=O) groups is 1. The second-order valence-corrected chi connectivity index (χ2v) is 5.18. The highest BCUT2D eigenvalue weighted by Gasteiger charge is 2.41. The van der Waals surface area contributed by atoms with Gasteiger partial charge in [0.2, 0.25) is 0 Å². The Bertz CT molecular complexity index is 1000. The van der Waals surface area contributed by atoms with Gasteiger partial charge in [-0.2, -0.15) is 18.3 Å². The van der Waals surface area contributed by atoms with Crippen LogP contribution in [-0.2, 0) is 6.18 Å². The number of pyridine rings is 1. The average Bonchev–Trinajstić information content (AvgIpc) is 3.09. The van der Waals surface area contributed by atoms with Crippen LogP contribution in [0.2, 0.25) is 0 Å². The van der Waals surface area contributed by atoms with Gasteiger partial charge < -0.3 is 5.32 Å². The monoisotopic (exact) mass is 386 g/mol. The maximum Gasteiger partial charge on any atom is 0.434 e. The normalized spacial score (nSPS) is 11.5. The summed E-state index contributed by atoms with van der Waals surface area (Å²) in [5, 5.41) is 5.29. The van der Waals surface area contributed by atoms with Crippen LogP contribution in [0.5, 0.6) is 0 Å². The van der Waals surface area contributed by atoms with Crippen molar-refractivity contribution in [3.8, 4) is 5.82 Å². The van der Waals surface area contributed by atoms with Crippen LogP contribution >= 0.6 is 0 Å². The Morgan fingerprint density at radius 3 is 2.41 bits per heavy atom. The molecular formula is C16H8F6N4O. The number of aromatic nitrogens is 3. The van der Waals surface area contributed by atoms with E-state index in [1.165, 1.54) is 24.4 Å². The predicted octanol–water partition coefficient (Wildman–Crippen LogP) is 3.96. The highest BCUT2D eigenvalue weighted by atomic mass is 19.4. The molecule has 0 saturated heterocycles. The predicted molar refractivity (Wildman–Crippen MR) is 80.6 cm³/mol. The van der Waals surface area contributed by atoms with E-state index in [-0.39, 0.29) is 5.82 Å². The van der Waals surface area contributed by atoms with Gasteiger partial charge >= 0.3 is 6.18 Å². The molecule has 5 nitrogen and oxygen atoms in total. The molecule has 1 aromatic carbocycles. The van der Waals surface area contributed by atoms with Gasteiger partial charge in [0, 0.05) is 6.20 Å². The highest BCUT2D eigenvalue weighted by Crippen LogP contribution is 2.34. The first-order valence-electron chi connectivity index (χ1n) is 7.21. The fourth-order valence-electron chi connectivity index (χ4n) is 2.25. The van der Waals surface area contributed by atoms with E-state index >= 15 is 0 Å². The summed E-state index contributed by atoms with van der Waals surface area (Å²) in [5.41, 5.74) is -3.23. The van der Waals surface area contributed by atoms with E-state index in [4.69, 9.17) is 0 Å². The smallest absolute Gasteiger partial charge is 0.319 e. The first-order chi connectivity index (χ1) is 12.7. The number of hydrogen-bond donors (Lipinski definition) is 1. The van der Waals surface area contributed by atoms with Crippen LogP contribution in [0.25, 0.3) is 5.82 Å². The minimum Gasteiger partial charge on any atom is -0.319 e. The molecule has 1 amide bonds. The summed E-state index contributed by atoms with van der Waals surface area (Å²) < 4.78 is 80.6. The molecule has 140 valence electrons. The fraction of sp³-hybridized carbons (Fsp3) is 0.0625. The van der Waals surface area contributed by atoms with E-state index in [1.54, 1.807) is 5.32 Å². The summed E-state index contributed by atoms with van der Waals surface area (Å²) in [6.45, 7) is 0. The van der Waals surface area contributed by atoms with Gasteiger partial charge in [0.15, 0.2) is 29.0 Å². The molecule has 0 unspecified atom stereocenters. The van der Waals surface area contributed by atoms with E-state index in [9.17, 15) is 31.1 Å². The molecular weight excluding hydrogens is 378 g/mol. The zero-order valence-corrected chi connectivity index (χ0v) is 13.1. The lowest BCUT2D eigenvalue weighted by molar-refractivity contribution is -0.143. The molecule has 0 spiro atoms. The Kier molecular flexibility index (Phi) is 4.60. The lowest BCUT2D eigenvalue weighted by atomic mass is 10.2. The Labute approximate surface area is 147 Å². The zero-order valence-electron chi connectivity index (χ0n) is 13.1. The van der Waals surface area contributed by atoms with E-state index < -0.39 is 46.5 Å². The van der Waals surface area contributed by atoms with E-state index in [0.29, 0.717) is 23.0 Å². The molecule has 2 aromatic heterocycles. The molecule has 0 saturated carbocycles. The van der Waals surface area contributed by atoms with Crippen molar-refractivity contribution in [1.82, 2.24) is 14.8 Å². The second kappa shape index (κ2) is 6.74. The summed E-state index contributed by atoms with van der Waals surface area (Å²) in [7, 11) is 0. The number of halogens is 6. The van der Waals surface area contributed by atoms with Crippen molar-refractivity contribution in [2.75, 3.05) is 5.32 Å². The lowest BCUT2D eigenvalue weighted by Gasteiger charge is -2.12. The molecule has 3 aromatic rings. The highest BCUT2D eigenvalue weighted by molar-refractivity contribution is 6.05. The molecule has 1 N–H and O–H groups in total. The number of carbonyl (C=O) groups excluding carboxylic acids is 1. The van der Waals surface area contributed by atoms with Crippen LogP contribution in [0, 0.1) is 17.5 Å². The Balaban J connectivity index is 2.03. The average molecular weight is 386 g/mol. The third-order valence-corrected chi connectivity index (χ3v) is 3.43. The number of hydrogen-bond acceptors (Lipinski definition) is 3. The van der Waals surface area contributed by atoms with Crippen molar-refractivity contribution in [3.63, 3.8) is 0 Å². The van der Waals surface area contributed by atoms with Crippen LogP contribution in [0.1, 0.15) is 16.1 Å². The largest absolute Gasteiger partial charge is 0.434 e. The molecule has 11 heteroatoms. The second-order valence-electron chi connectivity index (χ2n) is 5.18. The maximum atomic E-state index is 13.7. The topological polar surface area (TPSA) is 59.8 Å². The van der Waals surface area contributed by atoms with Gasteiger partial charge in [-0.05, 0) is 24.3 Å². The molecule has 27 heavy (non-hydrogen) atoms. The Morgan fingerprint density at radius 2 is 1.78 bits per heavy atom. The molecule has 0 aliphatic carbocycles. The van der Waals surface area contributed by atoms with Crippen molar-refractivity contribution >= 4 is 11.6 Å². The first-order valence-corrected chi connectivity index (χ1v) is 7.21. The van der Waals surface area contributed by atoms with Crippen LogP contribution in [0.4, 0.5) is 32.0 Å². The third-order valence-electron chi connectivity index (χ3n) is 3.43. The quantitative estimate of drug-likeness (QED) is 0.548. The summed E-state index contributed by atoms with van der Waals surface area (Å²) in [5.74, 6) is -6.73. The lowest BCUT2D eigenvalue weighted by Crippen LogP contribution is -2.21. The zero-order chi connectivity index (χ0) is 19.8. The van der Waals surface area contributed by atoms with Gasteiger partial charge in [0.05, 0.1) is 17.4 Å². The summed E-state index contributed by atoms with van der Waals surface area (Å²) in [6, 6.07) is 5.33. The van der Waals surface area contributed by atoms with Gasteiger partial charge in [-0.25, -0.2) is 22.8 Å². The number of benzene rings is 1. The van der Waals surface area contributed by atoms with Crippen molar-refractivity contribution < 1.29 is 31.1 Å². The van der Waals surface area contributed by atoms with Crippen LogP contribution in [-0.4, -0.2) is 20.7 Å². The van der Waals surface area contributed by atoms with Crippen molar-refractivity contribution in [3.05, 3.63) is 71.4 Å². The standard InChI is InChI=1S/C16H8F6N4O/c17-9-4-5-10(13(19)12(9)18)25-15(27)8-7-24-26(14(8)16(20,21)22)11-3-1-2-6-23-11/h1-7H,(H,25,27). The molecule has 2 heterocycles. The molecule has 0 bridgehead atoms. The number of amides is 1. The SMILES string of the molecule is O=C(Nc1ccc(F)c(F)c1F)c1cnn(-c2ccccn2)c1C(F)(F)F. The first kappa shape index (κ1) is 18.4. The molecule has 0 aliphatic rings. The number of anilines is 1. The van der Waals surface area contributed by atoms with Gasteiger partial charge in [-0.15, -0.1) is 0 Å². The summed E-state index contributed by atoms with van der Waals surface area (Å²) >= 11 is 0. The summed E-state index contributed by atoms with van der Waals surface area (Å²) in [4.78, 5) is 15.9. The van der Waals surface area contributed by atoms with E-state index in [1.807, 2.05) is 0 Å². The minimum atomic E-state index is -5.01. The Hall–Kier alpha value is -3.37. The maximum absolute atomic E-state index is 13.7. The van der Waals surface area contributed by atoms with Crippen molar-refractivity contribution in [1.29, 1.82) is 0 Å². The molecule has 0 radical (unpaired) electrons. The van der Waals surface area contributed by atoms with Gasteiger partial charge in [-0.1, -0.05) is 6.07 Å². The molecule has 0 atom stereocenters. The minimum absolute atomic E-state index is 0.206. The molecule has 3 rings (SSSR count). The van der Waals surface area contributed by atoms with Gasteiger partial charge in [-0.3, -0.25) is 4.79 Å². The van der Waals surface area contributed by atoms with Crippen LogP contribution in [0.3, 0.4) is 0 Å². The number of nitrogens with zero attached hydrogens (tertiary/aromatic N) is 3. The van der Waals surface area contributed by atoms with Crippen molar-refractivity contribution in [2.45, 2.75) is 6.18 Å². The number of nitrogens with one attached hydrogen (secondary N) is 1. The number of rotatable bonds is 3. The van der Waals surface area contributed by atoms with Gasteiger partial charge in [0.1, 0.15) is 0 Å². The van der Waals surface area contributed by atoms with Crippen molar-refractivity contribution in [2.24, 2.45) is 0 Å². The molecule has 0 fully saturated rings. The summed E-state index contributed by atoms with van der Waals surface area (Å²) in [6.07, 6.45) is -3.16.